The number of H-pyrrole nitrogens is 1. The first-order chi connectivity index (χ1) is 10.6. The van der Waals surface area contributed by atoms with Crippen LogP contribution in [0.25, 0.3) is 10.9 Å². The summed E-state index contributed by atoms with van der Waals surface area (Å²) >= 11 is 0. The minimum absolute atomic E-state index is 0.0780. The van der Waals surface area contributed by atoms with Crippen LogP contribution in [0.4, 0.5) is 4.39 Å². The molecule has 0 saturated carbocycles. The highest BCUT2D eigenvalue weighted by Gasteiger charge is 2.08. The topological polar surface area (TPSA) is 44.9 Å². The van der Waals surface area contributed by atoms with E-state index in [0.717, 1.165) is 22.0 Å². The number of aromatic nitrogens is 1. The molecule has 0 aliphatic rings. The Kier molecular flexibility index (Phi) is 3.92. The lowest BCUT2D eigenvalue weighted by atomic mass is 10.1. The van der Waals surface area contributed by atoms with Gasteiger partial charge in [0.25, 0.3) is 0 Å². The van der Waals surface area contributed by atoms with Crippen LogP contribution in [0, 0.1) is 12.7 Å². The van der Waals surface area contributed by atoms with Crippen molar-refractivity contribution in [3.8, 4) is 0 Å². The van der Waals surface area contributed by atoms with Gasteiger partial charge in [0.1, 0.15) is 5.82 Å². The molecule has 1 aromatic heterocycles. The van der Waals surface area contributed by atoms with Gasteiger partial charge in [0, 0.05) is 23.6 Å². The zero-order chi connectivity index (χ0) is 15.5. The summed E-state index contributed by atoms with van der Waals surface area (Å²) in [6.07, 6.45) is 2.16. The summed E-state index contributed by atoms with van der Waals surface area (Å²) in [4.78, 5) is 15.2. The number of carbonyl (C=O) groups is 1. The van der Waals surface area contributed by atoms with Gasteiger partial charge in [-0.25, -0.2) is 4.39 Å². The predicted molar refractivity (Wildman–Crippen MR) is 85.0 cm³/mol. The molecule has 0 radical (unpaired) electrons. The number of aromatic amines is 1. The Labute approximate surface area is 128 Å². The summed E-state index contributed by atoms with van der Waals surface area (Å²) in [7, 11) is 0. The molecule has 0 bridgehead atoms. The Morgan fingerprint density at radius 1 is 1.23 bits per heavy atom. The number of benzene rings is 2. The molecular weight excluding hydrogens is 279 g/mol. The molecule has 3 aromatic rings. The molecule has 0 atom stereocenters. The Morgan fingerprint density at radius 3 is 2.86 bits per heavy atom. The Balaban J connectivity index is 1.64. The maximum atomic E-state index is 13.5. The van der Waals surface area contributed by atoms with Crippen LogP contribution in [-0.4, -0.2) is 10.9 Å². The first kappa shape index (κ1) is 14.3. The highest BCUT2D eigenvalue weighted by Crippen LogP contribution is 2.18. The Hall–Kier alpha value is -2.62. The number of rotatable bonds is 4. The van der Waals surface area contributed by atoms with Crippen LogP contribution in [0.1, 0.15) is 16.7 Å². The Bertz CT molecular complexity index is 823. The van der Waals surface area contributed by atoms with Crippen molar-refractivity contribution in [3.63, 3.8) is 0 Å². The lowest BCUT2D eigenvalue weighted by Gasteiger charge is -2.06. The Morgan fingerprint density at radius 2 is 2.05 bits per heavy atom. The van der Waals surface area contributed by atoms with E-state index in [-0.39, 0.29) is 11.7 Å². The summed E-state index contributed by atoms with van der Waals surface area (Å²) in [5.74, 6) is -0.325. The maximum absolute atomic E-state index is 13.5. The van der Waals surface area contributed by atoms with Crippen LogP contribution < -0.4 is 5.32 Å². The molecule has 3 rings (SSSR count). The van der Waals surface area contributed by atoms with Crippen molar-refractivity contribution < 1.29 is 9.18 Å². The summed E-state index contributed by atoms with van der Waals surface area (Å²) in [5, 5.41) is 3.88. The number of fused-ring (bicyclic) bond motifs is 1. The third-order valence-corrected chi connectivity index (χ3v) is 3.75. The van der Waals surface area contributed by atoms with E-state index in [4.69, 9.17) is 0 Å². The summed E-state index contributed by atoms with van der Waals surface area (Å²) in [6.45, 7) is 2.05. The minimum atomic E-state index is -0.247. The van der Waals surface area contributed by atoms with E-state index in [2.05, 4.69) is 10.3 Å². The lowest BCUT2D eigenvalue weighted by Crippen LogP contribution is -2.24. The fraction of sp³-hybridized carbons (Fsp3) is 0.167. The van der Waals surface area contributed by atoms with Crippen LogP contribution >= 0.6 is 0 Å². The molecule has 0 aliphatic heterocycles. The van der Waals surface area contributed by atoms with Gasteiger partial charge in [0.2, 0.25) is 5.91 Å². The number of para-hydroxylation sites is 1. The van der Waals surface area contributed by atoms with Crippen molar-refractivity contribution >= 4 is 16.8 Å². The van der Waals surface area contributed by atoms with Gasteiger partial charge in [0.05, 0.1) is 6.42 Å². The van der Waals surface area contributed by atoms with E-state index in [9.17, 15) is 9.18 Å². The third-order valence-electron chi connectivity index (χ3n) is 3.75. The van der Waals surface area contributed by atoms with Crippen LogP contribution in [0.15, 0.2) is 48.7 Å². The van der Waals surface area contributed by atoms with E-state index in [1.807, 2.05) is 36.5 Å². The molecule has 0 spiro atoms. The molecule has 1 amide bonds. The van der Waals surface area contributed by atoms with E-state index < -0.39 is 0 Å². The van der Waals surface area contributed by atoms with E-state index in [0.29, 0.717) is 18.5 Å². The highest BCUT2D eigenvalue weighted by molar-refractivity contribution is 5.88. The second-order valence-electron chi connectivity index (χ2n) is 5.40. The van der Waals surface area contributed by atoms with Crippen molar-refractivity contribution in [3.05, 3.63) is 71.2 Å². The van der Waals surface area contributed by atoms with Crippen molar-refractivity contribution in [2.24, 2.45) is 0 Å². The monoisotopic (exact) mass is 296 g/mol. The summed E-state index contributed by atoms with van der Waals surface area (Å²) in [5.41, 5.74) is 3.35. The zero-order valence-corrected chi connectivity index (χ0v) is 12.3. The molecular formula is C18H17FN2O. The smallest absolute Gasteiger partial charge is 0.224 e. The number of amides is 1. The normalized spacial score (nSPS) is 10.8. The van der Waals surface area contributed by atoms with Gasteiger partial charge in [0.15, 0.2) is 0 Å². The van der Waals surface area contributed by atoms with Crippen molar-refractivity contribution in [2.45, 2.75) is 19.9 Å². The third kappa shape index (κ3) is 3.01. The van der Waals surface area contributed by atoms with Gasteiger partial charge < -0.3 is 10.3 Å². The molecule has 2 N–H and O–H groups in total. The SMILES string of the molecule is Cc1ccc(CNC(=O)Cc2c[nH]c3ccccc23)cc1F. The number of aryl methyl sites for hydroxylation is 1. The molecule has 0 saturated heterocycles. The largest absolute Gasteiger partial charge is 0.361 e. The highest BCUT2D eigenvalue weighted by atomic mass is 19.1. The first-order valence-corrected chi connectivity index (χ1v) is 7.20. The average Bonchev–Trinajstić information content (AvgIpc) is 2.92. The van der Waals surface area contributed by atoms with Gasteiger partial charge in [-0.2, -0.15) is 0 Å². The zero-order valence-electron chi connectivity index (χ0n) is 12.3. The second kappa shape index (κ2) is 6.02. The molecule has 2 aromatic carbocycles. The molecule has 0 aliphatic carbocycles. The molecule has 3 nitrogen and oxygen atoms in total. The number of hydrogen-bond donors (Lipinski definition) is 2. The molecule has 4 heteroatoms. The lowest BCUT2D eigenvalue weighted by molar-refractivity contribution is -0.120. The van der Waals surface area contributed by atoms with Crippen LogP contribution in [-0.2, 0) is 17.8 Å². The van der Waals surface area contributed by atoms with Crippen molar-refractivity contribution in [2.75, 3.05) is 0 Å². The molecule has 1 heterocycles. The van der Waals surface area contributed by atoms with Gasteiger partial charge >= 0.3 is 0 Å². The van der Waals surface area contributed by atoms with E-state index >= 15 is 0 Å². The van der Waals surface area contributed by atoms with Crippen LogP contribution in [0.2, 0.25) is 0 Å². The maximum Gasteiger partial charge on any atom is 0.224 e. The minimum Gasteiger partial charge on any atom is -0.361 e. The number of halogens is 1. The van der Waals surface area contributed by atoms with E-state index in [1.165, 1.54) is 6.07 Å². The van der Waals surface area contributed by atoms with Crippen molar-refractivity contribution in [1.82, 2.24) is 10.3 Å². The summed E-state index contributed by atoms with van der Waals surface area (Å²) in [6, 6.07) is 12.9. The van der Waals surface area contributed by atoms with Gasteiger partial charge in [-0.3, -0.25) is 4.79 Å². The average molecular weight is 296 g/mol. The fourth-order valence-electron chi connectivity index (χ4n) is 2.46. The molecule has 0 unspecified atom stereocenters. The quantitative estimate of drug-likeness (QED) is 0.760. The van der Waals surface area contributed by atoms with Crippen LogP contribution in [0.3, 0.4) is 0 Å². The number of carbonyl (C=O) groups excluding carboxylic acids is 1. The number of hydrogen-bond acceptors (Lipinski definition) is 1. The predicted octanol–water partition coefficient (Wildman–Crippen LogP) is 3.47. The van der Waals surface area contributed by atoms with E-state index in [1.54, 1.807) is 13.0 Å². The van der Waals surface area contributed by atoms with Gasteiger partial charge in [-0.15, -0.1) is 0 Å². The number of nitrogens with one attached hydrogen (secondary N) is 2. The van der Waals surface area contributed by atoms with Gasteiger partial charge in [-0.05, 0) is 35.7 Å². The molecule has 0 fully saturated rings. The molecule has 22 heavy (non-hydrogen) atoms. The van der Waals surface area contributed by atoms with Gasteiger partial charge in [-0.1, -0.05) is 30.3 Å². The van der Waals surface area contributed by atoms with Crippen molar-refractivity contribution in [1.29, 1.82) is 0 Å². The second-order valence-corrected chi connectivity index (χ2v) is 5.40. The van der Waals surface area contributed by atoms with Crippen LogP contribution in [0.5, 0.6) is 0 Å². The molecule has 112 valence electrons. The summed E-state index contributed by atoms with van der Waals surface area (Å²) < 4.78 is 13.5. The first-order valence-electron chi connectivity index (χ1n) is 7.20. The standard InChI is InChI=1S/C18H17FN2O/c1-12-6-7-13(8-16(12)19)10-21-18(22)9-14-11-20-17-5-3-2-4-15(14)17/h2-8,11,20H,9-10H2,1H3,(H,21,22). The fourth-order valence-corrected chi connectivity index (χ4v) is 2.46.